The summed E-state index contributed by atoms with van der Waals surface area (Å²) in [6.07, 6.45) is 4.22. The molecule has 0 spiro atoms. The van der Waals surface area contributed by atoms with Gasteiger partial charge in [-0.1, -0.05) is 18.2 Å². The molecular weight excluding hydrogens is 390 g/mol. The van der Waals surface area contributed by atoms with E-state index in [1.165, 1.54) is 11.8 Å². The highest BCUT2D eigenvalue weighted by Gasteiger charge is 2.20. The van der Waals surface area contributed by atoms with E-state index < -0.39 is 0 Å². The predicted octanol–water partition coefficient (Wildman–Crippen LogP) is 1.89. The number of rotatable bonds is 7. The number of ether oxygens (including phenoxy) is 2. The second-order valence-corrected chi connectivity index (χ2v) is 8.38. The molecule has 2 saturated heterocycles. The lowest BCUT2D eigenvalue weighted by molar-refractivity contribution is -0.135. The molecule has 156 valence electrons. The molecule has 2 aliphatic heterocycles. The number of hydrogen-bond acceptors (Lipinski definition) is 5. The Labute approximate surface area is 174 Å². The van der Waals surface area contributed by atoms with Crippen LogP contribution < -0.4 is 5.32 Å². The van der Waals surface area contributed by atoms with Crippen molar-refractivity contribution in [1.82, 2.24) is 14.8 Å². The van der Waals surface area contributed by atoms with E-state index in [9.17, 15) is 9.59 Å². The molecule has 4 rings (SSSR count). The molecule has 2 fully saturated rings. The first-order valence-electron chi connectivity index (χ1n) is 10.2. The third-order valence-electron chi connectivity index (χ3n) is 5.33. The van der Waals surface area contributed by atoms with Crippen molar-refractivity contribution in [3.63, 3.8) is 0 Å². The number of para-hydroxylation sites is 1. The number of carbonyl (C=O) groups excluding carboxylic acids is 2. The summed E-state index contributed by atoms with van der Waals surface area (Å²) in [6, 6.07) is 8.01. The van der Waals surface area contributed by atoms with Crippen molar-refractivity contribution in [2.24, 2.45) is 0 Å². The molecule has 7 nitrogen and oxygen atoms in total. The summed E-state index contributed by atoms with van der Waals surface area (Å²) in [6.45, 7) is 4.15. The number of nitrogens with zero attached hydrogens (tertiary/aromatic N) is 2. The van der Waals surface area contributed by atoms with Crippen molar-refractivity contribution in [2.45, 2.75) is 30.4 Å². The Morgan fingerprint density at radius 3 is 2.79 bits per heavy atom. The number of benzene rings is 1. The minimum atomic E-state index is 0.00623. The Morgan fingerprint density at radius 2 is 2.00 bits per heavy atom. The lowest BCUT2D eigenvalue weighted by Gasteiger charge is -2.27. The highest BCUT2D eigenvalue weighted by atomic mass is 32.2. The van der Waals surface area contributed by atoms with Gasteiger partial charge in [-0.25, -0.2) is 0 Å². The smallest absolute Gasteiger partial charge is 0.242 e. The molecule has 0 unspecified atom stereocenters. The molecule has 2 aliphatic rings. The average molecular weight is 418 g/mol. The van der Waals surface area contributed by atoms with E-state index in [2.05, 4.69) is 5.32 Å². The van der Waals surface area contributed by atoms with Crippen LogP contribution in [0.15, 0.2) is 35.4 Å². The third-order valence-corrected chi connectivity index (χ3v) is 6.37. The van der Waals surface area contributed by atoms with E-state index in [0.717, 1.165) is 35.2 Å². The van der Waals surface area contributed by atoms with Crippen molar-refractivity contribution in [2.75, 3.05) is 45.2 Å². The van der Waals surface area contributed by atoms with Gasteiger partial charge in [0.2, 0.25) is 11.8 Å². The van der Waals surface area contributed by atoms with Gasteiger partial charge in [-0.15, -0.1) is 11.8 Å². The lowest BCUT2D eigenvalue weighted by Crippen LogP contribution is -2.42. The van der Waals surface area contributed by atoms with E-state index in [1.807, 2.05) is 39.9 Å². The van der Waals surface area contributed by atoms with Crippen LogP contribution in [-0.2, 0) is 25.6 Å². The van der Waals surface area contributed by atoms with Crippen LogP contribution in [0.1, 0.15) is 12.8 Å². The van der Waals surface area contributed by atoms with Crippen LogP contribution in [0.25, 0.3) is 10.9 Å². The van der Waals surface area contributed by atoms with E-state index >= 15 is 0 Å². The van der Waals surface area contributed by atoms with Gasteiger partial charge >= 0.3 is 0 Å². The molecule has 0 bridgehead atoms. The summed E-state index contributed by atoms with van der Waals surface area (Å²) in [5, 5.41) is 4.03. The first-order chi connectivity index (χ1) is 14.2. The predicted molar refractivity (Wildman–Crippen MR) is 112 cm³/mol. The fourth-order valence-corrected chi connectivity index (χ4v) is 4.66. The van der Waals surface area contributed by atoms with Gasteiger partial charge in [-0.3, -0.25) is 9.59 Å². The zero-order valence-electron chi connectivity index (χ0n) is 16.5. The summed E-state index contributed by atoms with van der Waals surface area (Å²) < 4.78 is 12.9. The molecule has 0 aliphatic carbocycles. The van der Waals surface area contributed by atoms with Crippen LogP contribution in [-0.4, -0.2) is 72.6 Å². The summed E-state index contributed by atoms with van der Waals surface area (Å²) in [7, 11) is 0. The average Bonchev–Trinajstić information content (AvgIpc) is 3.40. The number of carbonyl (C=O) groups is 2. The van der Waals surface area contributed by atoms with E-state index in [0.29, 0.717) is 45.1 Å². The molecule has 8 heteroatoms. The summed E-state index contributed by atoms with van der Waals surface area (Å²) in [5.74, 6) is 0.449. The minimum absolute atomic E-state index is 0.00623. The molecule has 2 aromatic rings. The van der Waals surface area contributed by atoms with Gasteiger partial charge in [-0.2, -0.15) is 0 Å². The van der Waals surface area contributed by atoms with Crippen LogP contribution in [0.3, 0.4) is 0 Å². The van der Waals surface area contributed by atoms with Gasteiger partial charge in [0.1, 0.15) is 6.54 Å². The SMILES string of the molecule is O=C(CSc1cn(CC(=O)N2CCOCC2)c2ccccc12)NC[C@H]1CCCO1. The number of fused-ring (bicyclic) bond motifs is 1. The molecule has 1 atom stereocenters. The zero-order valence-corrected chi connectivity index (χ0v) is 17.3. The van der Waals surface area contributed by atoms with Crippen LogP contribution in [0.2, 0.25) is 0 Å². The van der Waals surface area contributed by atoms with Gasteiger partial charge in [0, 0.05) is 48.2 Å². The molecule has 1 N–H and O–H groups in total. The maximum absolute atomic E-state index is 12.7. The van der Waals surface area contributed by atoms with Crippen molar-refractivity contribution in [3.05, 3.63) is 30.5 Å². The number of thioether (sulfide) groups is 1. The van der Waals surface area contributed by atoms with Crippen molar-refractivity contribution >= 4 is 34.5 Å². The van der Waals surface area contributed by atoms with Crippen LogP contribution in [0, 0.1) is 0 Å². The van der Waals surface area contributed by atoms with E-state index in [-0.39, 0.29) is 17.9 Å². The maximum atomic E-state index is 12.7. The topological polar surface area (TPSA) is 72.8 Å². The van der Waals surface area contributed by atoms with E-state index in [1.54, 1.807) is 0 Å². The normalized spacial score (nSPS) is 19.6. The number of hydrogen-bond donors (Lipinski definition) is 1. The fourth-order valence-electron chi connectivity index (χ4n) is 3.74. The van der Waals surface area contributed by atoms with Gasteiger partial charge < -0.3 is 24.3 Å². The highest BCUT2D eigenvalue weighted by molar-refractivity contribution is 8.00. The summed E-state index contributed by atoms with van der Waals surface area (Å²) in [4.78, 5) is 27.8. The van der Waals surface area contributed by atoms with Crippen molar-refractivity contribution in [1.29, 1.82) is 0 Å². The van der Waals surface area contributed by atoms with Gasteiger partial charge in [-0.05, 0) is 18.9 Å². The van der Waals surface area contributed by atoms with Gasteiger partial charge in [0.15, 0.2) is 0 Å². The quantitative estimate of drug-likeness (QED) is 0.697. The first-order valence-corrected chi connectivity index (χ1v) is 11.1. The summed E-state index contributed by atoms with van der Waals surface area (Å²) in [5.41, 5.74) is 1.01. The third kappa shape index (κ3) is 5.12. The molecule has 0 radical (unpaired) electrons. The number of aromatic nitrogens is 1. The Balaban J connectivity index is 1.38. The first kappa shape index (κ1) is 20.3. The lowest BCUT2D eigenvalue weighted by atomic mass is 10.2. The molecule has 0 saturated carbocycles. The largest absolute Gasteiger partial charge is 0.378 e. The second kappa shape index (κ2) is 9.65. The van der Waals surface area contributed by atoms with Crippen molar-refractivity contribution in [3.8, 4) is 0 Å². The molecule has 1 aromatic heterocycles. The van der Waals surface area contributed by atoms with Gasteiger partial charge in [0.05, 0.1) is 25.1 Å². The fraction of sp³-hybridized carbons (Fsp3) is 0.524. The molecule has 1 aromatic carbocycles. The molecule has 29 heavy (non-hydrogen) atoms. The number of nitrogens with one attached hydrogen (secondary N) is 1. The van der Waals surface area contributed by atoms with Crippen LogP contribution in [0.5, 0.6) is 0 Å². The van der Waals surface area contributed by atoms with Crippen molar-refractivity contribution < 1.29 is 19.1 Å². The van der Waals surface area contributed by atoms with E-state index in [4.69, 9.17) is 9.47 Å². The standard InChI is InChI=1S/C21H27N3O4S/c25-20(22-12-16-4-3-9-28-16)15-29-19-13-24(18-6-2-1-5-17(18)19)14-21(26)23-7-10-27-11-8-23/h1-2,5-6,13,16H,3-4,7-12,14-15H2,(H,22,25)/t16-/m1/s1. The van der Waals surface area contributed by atoms with Crippen LogP contribution in [0.4, 0.5) is 0 Å². The Bertz CT molecular complexity index is 857. The highest BCUT2D eigenvalue weighted by Crippen LogP contribution is 2.30. The number of amides is 2. The van der Waals surface area contributed by atoms with Gasteiger partial charge in [0.25, 0.3) is 0 Å². The Kier molecular flexibility index (Phi) is 6.74. The Morgan fingerprint density at radius 1 is 1.17 bits per heavy atom. The molecule has 2 amide bonds. The monoisotopic (exact) mass is 417 g/mol. The zero-order chi connectivity index (χ0) is 20.1. The maximum Gasteiger partial charge on any atom is 0.242 e. The molecule has 3 heterocycles. The summed E-state index contributed by atoms with van der Waals surface area (Å²) >= 11 is 1.51. The van der Waals surface area contributed by atoms with Crippen LogP contribution >= 0.6 is 11.8 Å². The molecular formula is C21H27N3O4S. The second-order valence-electron chi connectivity index (χ2n) is 7.36. The minimum Gasteiger partial charge on any atom is -0.378 e. The Hall–Kier alpha value is -2.03. The number of morpholine rings is 1.